The van der Waals surface area contributed by atoms with E-state index >= 15 is 0 Å². The van der Waals surface area contributed by atoms with Gasteiger partial charge in [-0.1, -0.05) is 23.7 Å². The molecule has 0 aliphatic rings. The van der Waals surface area contributed by atoms with Crippen molar-refractivity contribution in [3.8, 4) is 0 Å². The smallest absolute Gasteiger partial charge is 0.168 e. The van der Waals surface area contributed by atoms with Crippen LogP contribution in [0.15, 0.2) is 18.2 Å². The molecule has 1 rings (SSSR count). The summed E-state index contributed by atoms with van der Waals surface area (Å²) in [6.07, 6.45) is -0.157. The zero-order valence-electron chi connectivity index (χ0n) is 8.55. The normalized spacial score (nSPS) is 11.5. The largest absolute Gasteiger partial charge is 0.383 e. The molecule has 0 aliphatic heterocycles. The molecule has 0 fully saturated rings. The van der Waals surface area contributed by atoms with Gasteiger partial charge in [0.1, 0.15) is 11.4 Å². The Labute approximate surface area is 92.7 Å². The van der Waals surface area contributed by atoms with E-state index in [0.717, 1.165) is 0 Å². The van der Waals surface area contributed by atoms with E-state index in [9.17, 15) is 14.3 Å². The van der Waals surface area contributed by atoms with Crippen LogP contribution < -0.4 is 0 Å². The zero-order valence-corrected chi connectivity index (χ0v) is 9.31. The quantitative estimate of drug-likeness (QED) is 0.866. The fourth-order valence-electron chi connectivity index (χ4n) is 1.07. The van der Waals surface area contributed by atoms with Gasteiger partial charge >= 0.3 is 0 Å². The highest BCUT2D eigenvalue weighted by atomic mass is 35.5. The van der Waals surface area contributed by atoms with Crippen molar-refractivity contribution in [2.75, 3.05) is 0 Å². The van der Waals surface area contributed by atoms with Crippen molar-refractivity contribution in [3.05, 3.63) is 34.6 Å². The summed E-state index contributed by atoms with van der Waals surface area (Å²) in [4.78, 5) is 11.4. The van der Waals surface area contributed by atoms with Crippen molar-refractivity contribution in [1.29, 1.82) is 0 Å². The summed E-state index contributed by atoms with van der Waals surface area (Å²) < 4.78 is 13.4. The van der Waals surface area contributed by atoms with Crippen LogP contribution in [0.4, 0.5) is 4.39 Å². The van der Waals surface area contributed by atoms with Gasteiger partial charge in [0.25, 0.3) is 0 Å². The van der Waals surface area contributed by atoms with Gasteiger partial charge in [0.15, 0.2) is 5.78 Å². The Bertz CT molecular complexity index is 383. The topological polar surface area (TPSA) is 37.3 Å². The fourth-order valence-corrected chi connectivity index (χ4v) is 1.27. The lowest BCUT2D eigenvalue weighted by Crippen LogP contribution is -2.32. The van der Waals surface area contributed by atoms with E-state index in [1.807, 2.05) is 0 Å². The number of aliphatic hydroxyl groups is 1. The van der Waals surface area contributed by atoms with Gasteiger partial charge in [-0.3, -0.25) is 4.79 Å². The fraction of sp³-hybridized carbons (Fsp3) is 0.364. The van der Waals surface area contributed by atoms with Crippen molar-refractivity contribution in [2.24, 2.45) is 0 Å². The number of rotatable bonds is 3. The average molecular weight is 231 g/mol. The van der Waals surface area contributed by atoms with Gasteiger partial charge in [0.05, 0.1) is 5.02 Å². The van der Waals surface area contributed by atoms with Crippen LogP contribution in [0.2, 0.25) is 5.02 Å². The van der Waals surface area contributed by atoms with E-state index in [4.69, 9.17) is 11.6 Å². The number of halogens is 2. The average Bonchev–Trinajstić information content (AvgIpc) is 2.11. The summed E-state index contributed by atoms with van der Waals surface area (Å²) in [7, 11) is 0. The van der Waals surface area contributed by atoms with Crippen LogP contribution in [0.5, 0.6) is 0 Å². The van der Waals surface area contributed by atoms with Crippen LogP contribution >= 0.6 is 11.6 Å². The molecular weight excluding hydrogens is 219 g/mol. The predicted octanol–water partition coefficient (Wildman–Crippen LogP) is 2.36. The SMILES string of the molecule is CC(C)(O)C(=O)Cc1cccc(Cl)c1F. The molecule has 1 aromatic carbocycles. The monoisotopic (exact) mass is 230 g/mol. The van der Waals surface area contributed by atoms with Gasteiger partial charge in [0.2, 0.25) is 0 Å². The molecule has 1 aromatic rings. The molecule has 0 aliphatic carbocycles. The second-order valence-electron chi connectivity index (χ2n) is 3.87. The summed E-state index contributed by atoms with van der Waals surface area (Å²) in [5.41, 5.74) is -1.25. The second-order valence-corrected chi connectivity index (χ2v) is 4.28. The second kappa shape index (κ2) is 4.29. The van der Waals surface area contributed by atoms with Gasteiger partial charge in [-0.15, -0.1) is 0 Å². The molecule has 1 N–H and O–H groups in total. The first kappa shape index (κ1) is 12.1. The molecule has 0 amide bonds. The third-order valence-corrected chi connectivity index (χ3v) is 2.36. The van der Waals surface area contributed by atoms with E-state index in [0.29, 0.717) is 0 Å². The molecule has 0 saturated carbocycles. The minimum absolute atomic E-state index is 0.0176. The van der Waals surface area contributed by atoms with E-state index < -0.39 is 17.2 Å². The Morgan fingerprint density at radius 1 is 1.53 bits per heavy atom. The van der Waals surface area contributed by atoms with Crippen LogP contribution in [-0.4, -0.2) is 16.5 Å². The van der Waals surface area contributed by atoms with Gasteiger partial charge in [-0.25, -0.2) is 4.39 Å². The first-order valence-electron chi connectivity index (χ1n) is 4.51. The molecule has 15 heavy (non-hydrogen) atoms. The maximum Gasteiger partial charge on any atom is 0.168 e. The lowest BCUT2D eigenvalue weighted by molar-refractivity contribution is -0.133. The molecule has 0 radical (unpaired) electrons. The van der Waals surface area contributed by atoms with Crippen molar-refractivity contribution < 1.29 is 14.3 Å². The molecular formula is C11H12ClFO2. The lowest BCUT2D eigenvalue weighted by atomic mass is 9.97. The predicted molar refractivity (Wildman–Crippen MR) is 56.4 cm³/mol. The number of hydrogen-bond acceptors (Lipinski definition) is 2. The van der Waals surface area contributed by atoms with Crippen LogP contribution in [-0.2, 0) is 11.2 Å². The number of ketones is 1. The first-order valence-corrected chi connectivity index (χ1v) is 4.88. The molecule has 0 bridgehead atoms. The van der Waals surface area contributed by atoms with E-state index in [2.05, 4.69) is 0 Å². The third-order valence-electron chi connectivity index (χ3n) is 2.06. The summed E-state index contributed by atoms with van der Waals surface area (Å²) in [6.45, 7) is 2.75. The van der Waals surface area contributed by atoms with Crippen LogP contribution in [0, 0.1) is 5.82 Å². The zero-order chi connectivity index (χ0) is 11.6. The molecule has 0 unspecified atom stereocenters. The Kier molecular flexibility index (Phi) is 3.47. The Balaban J connectivity index is 2.91. The lowest BCUT2D eigenvalue weighted by Gasteiger charge is -2.15. The van der Waals surface area contributed by atoms with Crippen molar-refractivity contribution in [1.82, 2.24) is 0 Å². The van der Waals surface area contributed by atoms with Crippen LogP contribution in [0.25, 0.3) is 0 Å². The first-order chi connectivity index (χ1) is 6.82. The molecule has 82 valence electrons. The van der Waals surface area contributed by atoms with E-state index in [1.165, 1.54) is 26.0 Å². The van der Waals surface area contributed by atoms with Crippen molar-refractivity contribution >= 4 is 17.4 Å². The van der Waals surface area contributed by atoms with Crippen molar-refractivity contribution in [3.63, 3.8) is 0 Å². The highest BCUT2D eigenvalue weighted by molar-refractivity contribution is 6.30. The summed E-state index contributed by atoms with van der Waals surface area (Å²) in [5.74, 6) is -1.04. The van der Waals surface area contributed by atoms with E-state index in [-0.39, 0.29) is 17.0 Å². The summed E-state index contributed by atoms with van der Waals surface area (Å²) in [6, 6.07) is 4.46. The van der Waals surface area contributed by atoms with Crippen molar-refractivity contribution in [2.45, 2.75) is 25.9 Å². The molecule has 2 nitrogen and oxygen atoms in total. The van der Waals surface area contributed by atoms with E-state index in [1.54, 1.807) is 6.07 Å². The van der Waals surface area contributed by atoms with Gasteiger partial charge < -0.3 is 5.11 Å². The molecule has 0 saturated heterocycles. The Morgan fingerprint density at radius 2 is 2.13 bits per heavy atom. The number of carbonyl (C=O) groups is 1. The maximum absolute atomic E-state index is 13.4. The standard InChI is InChI=1S/C11H12ClFO2/c1-11(2,15)9(14)6-7-4-3-5-8(12)10(7)13/h3-5,15H,6H2,1-2H3. The highest BCUT2D eigenvalue weighted by Gasteiger charge is 2.24. The molecule has 0 heterocycles. The molecule has 0 atom stereocenters. The van der Waals surface area contributed by atoms with Gasteiger partial charge in [-0.05, 0) is 25.5 Å². The Morgan fingerprint density at radius 3 is 2.67 bits per heavy atom. The number of hydrogen-bond donors (Lipinski definition) is 1. The summed E-state index contributed by atoms with van der Waals surface area (Å²) >= 11 is 5.56. The highest BCUT2D eigenvalue weighted by Crippen LogP contribution is 2.19. The molecule has 0 aromatic heterocycles. The third kappa shape index (κ3) is 3.01. The van der Waals surface area contributed by atoms with Gasteiger partial charge in [0, 0.05) is 6.42 Å². The number of benzene rings is 1. The number of carbonyl (C=O) groups excluding carboxylic acids is 1. The minimum Gasteiger partial charge on any atom is -0.383 e. The van der Waals surface area contributed by atoms with Crippen LogP contribution in [0.1, 0.15) is 19.4 Å². The molecule has 0 spiro atoms. The summed E-state index contributed by atoms with van der Waals surface area (Å²) in [5, 5.41) is 9.39. The maximum atomic E-state index is 13.4. The minimum atomic E-state index is -1.45. The van der Waals surface area contributed by atoms with Gasteiger partial charge in [-0.2, -0.15) is 0 Å². The van der Waals surface area contributed by atoms with Crippen LogP contribution in [0.3, 0.4) is 0 Å². The number of Topliss-reactive ketones (excluding diaryl/α,β-unsaturated/α-hetero) is 1. The molecule has 4 heteroatoms. The Hall–Kier alpha value is -0.930.